The van der Waals surface area contributed by atoms with Gasteiger partial charge in [0.25, 0.3) is 0 Å². The van der Waals surface area contributed by atoms with E-state index in [4.69, 9.17) is 0 Å². The van der Waals surface area contributed by atoms with Gasteiger partial charge in [-0.15, -0.1) is 0 Å². The van der Waals surface area contributed by atoms with Crippen LogP contribution in [0.25, 0.3) is 22.3 Å². The molecule has 4 rings (SSSR count). The molecule has 3 heteroatoms. The largest absolute Gasteiger partial charge is 0.396 e. The van der Waals surface area contributed by atoms with Crippen molar-refractivity contribution >= 4 is 0 Å². The van der Waals surface area contributed by atoms with Crippen LogP contribution in [0.4, 0.5) is 4.39 Å². The number of hydrogen-bond donors (Lipinski definition) is 2. The van der Waals surface area contributed by atoms with Crippen molar-refractivity contribution in [2.45, 2.75) is 52.4 Å². The van der Waals surface area contributed by atoms with Crippen LogP contribution in [0.5, 0.6) is 0 Å². The molecule has 0 fully saturated rings. The van der Waals surface area contributed by atoms with E-state index in [9.17, 15) is 10.2 Å². The summed E-state index contributed by atoms with van der Waals surface area (Å²) < 4.78 is 15.3. The van der Waals surface area contributed by atoms with Crippen molar-refractivity contribution in [3.63, 3.8) is 0 Å². The van der Waals surface area contributed by atoms with Crippen LogP contribution in [-0.2, 0) is 32.1 Å². The third-order valence-corrected chi connectivity index (χ3v) is 7.57. The van der Waals surface area contributed by atoms with Crippen molar-refractivity contribution in [2.75, 3.05) is 13.2 Å². The first-order chi connectivity index (χ1) is 18.6. The second-order valence-electron chi connectivity index (χ2n) is 10.1. The van der Waals surface area contributed by atoms with E-state index in [1.54, 1.807) is 6.07 Å². The summed E-state index contributed by atoms with van der Waals surface area (Å²) in [5.74, 6) is -0.278. The molecular weight excluding hydrogens is 471 g/mol. The van der Waals surface area contributed by atoms with Crippen molar-refractivity contribution < 1.29 is 14.6 Å². The second-order valence-corrected chi connectivity index (χ2v) is 10.1. The average molecular weight is 511 g/mol. The molecule has 0 aliphatic rings. The molecule has 0 heterocycles. The van der Waals surface area contributed by atoms with E-state index in [-0.39, 0.29) is 24.9 Å². The highest BCUT2D eigenvalue weighted by Crippen LogP contribution is 2.30. The van der Waals surface area contributed by atoms with Crippen molar-refractivity contribution in [2.24, 2.45) is 5.92 Å². The van der Waals surface area contributed by atoms with Crippen LogP contribution in [0.15, 0.2) is 84.9 Å². The van der Waals surface area contributed by atoms with Gasteiger partial charge < -0.3 is 10.2 Å². The van der Waals surface area contributed by atoms with Crippen molar-refractivity contribution in [1.82, 2.24) is 0 Å². The predicted molar refractivity (Wildman–Crippen MR) is 156 cm³/mol. The van der Waals surface area contributed by atoms with E-state index < -0.39 is 0 Å². The maximum absolute atomic E-state index is 15.3. The van der Waals surface area contributed by atoms with Crippen LogP contribution in [0.3, 0.4) is 0 Å². The molecule has 0 aliphatic heterocycles. The number of hydrogen-bond acceptors (Lipinski definition) is 2. The molecule has 0 atom stereocenters. The fraction of sp³-hybridized carbons (Fsp3) is 0.314. The molecule has 0 spiro atoms. The fourth-order valence-corrected chi connectivity index (χ4v) is 5.18. The van der Waals surface area contributed by atoms with Crippen LogP contribution < -0.4 is 0 Å². The molecule has 0 aromatic heterocycles. The number of aliphatic hydroxyl groups excluding tert-OH is 2. The Labute approximate surface area is 226 Å². The Morgan fingerprint density at radius 1 is 0.605 bits per heavy atom. The lowest BCUT2D eigenvalue weighted by Crippen LogP contribution is -2.12. The van der Waals surface area contributed by atoms with E-state index >= 15 is 4.39 Å². The van der Waals surface area contributed by atoms with E-state index in [0.717, 1.165) is 60.8 Å². The Kier molecular flexibility index (Phi) is 9.86. The summed E-state index contributed by atoms with van der Waals surface area (Å²) in [6.07, 6.45) is 4.97. The highest BCUT2D eigenvalue weighted by atomic mass is 19.1. The fourth-order valence-electron chi connectivity index (χ4n) is 5.18. The molecular formula is C35H39FO2. The second kappa shape index (κ2) is 13.5. The van der Waals surface area contributed by atoms with Crippen molar-refractivity contribution in [3.8, 4) is 22.3 Å². The van der Waals surface area contributed by atoms with E-state index in [0.29, 0.717) is 5.56 Å². The van der Waals surface area contributed by atoms with Gasteiger partial charge in [0.15, 0.2) is 0 Å². The van der Waals surface area contributed by atoms with Gasteiger partial charge in [0, 0.05) is 24.7 Å². The summed E-state index contributed by atoms with van der Waals surface area (Å²) in [5, 5.41) is 18.7. The molecule has 2 nitrogen and oxygen atoms in total. The first kappa shape index (κ1) is 27.8. The highest BCUT2D eigenvalue weighted by Gasteiger charge is 2.13. The van der Waals surface area contributed by atoms with Gasteiger partial charge in [0.05, 0.1) is 0 Å². The van der Waals surface area contributed by atoms with Gasteiger partial charge in [0.1, 0.15) is 5.82 Å². The van der Waals surface area contributed by atoms with E-state index in [1.807, 2.05) is 24.3 Å². The standard InChI is InChI=1S/C35H39FO2/c1-3-29-20-25(14-17-32(29)31-8-6-5-7-9-31)10-11-27-16-19-34(35(36)22-27)33-18-15-26(21-30(33)4-2)12-13-28(23-37)24-38/h5-9,14-22,28,37-38H,3-4,10-13,23-24H2,1-2H3. The van der Waals surface area contributed by atoms with Gasteiger partial charge in [-0.05, 0) is 89.1 Å². The molecule has 38 heavy (non-hydrogen) atoms. The lowest BCUT2D eigenvalue weighted by atomic mass is 9.91. The van der Waals surface area contributed by atoms with Crippen molar-refractivity contribution in [1.29, 1.82) is 0 Å². The molecule has 198 valence electrons. The number of halogens is 1. The maximum Gasteiger partial charge on any atom is 0.131 e. The SMILES string of the molecule is CCc1cc(CCc2ccc(-c3ccc(CCC(CO)CO)cc3CC)c(F)c2)ccc1-c1ccccc1. The molecule has 0 aliphatic carbocycles. The molecule has 2 N–H and O–H groups in total. The third kappa shape index (κ3) is 6.78. The minimum atomic E-state index is -0.181. The van der Waals surface area contributed by atoms with E-state index in [1.165, 1.54) is 22.3 Å². The number of rotatable bonds is 12. The number of aliphatic hydroxyl groups is 2. The van der Waals surface area contributed by atoms with Crippen molar-refractivity contribution in [3.05, 3.63) is 119 Å². The lowest BCUT2D eigenvalue weighted by molar-refractivity contribution is 0.144. The van der Waals surface area contributed by atoms with Crippen LogP contribution in [0.1, 0.15) is 48.1 Å². The predicted octanol–water partition coefficient (Wildman–Crippen LogP) is 7.60. The zero-order valence-electron chi connectivity index (χ0n) is 22.6. The monoisotopic (exact) mass is 510 g/mol. The van der Waals surface area contributed by atoms with Gasteiger partial charge in [-0.25, -0.2) is 4.39 Å². The minimum Gasteiger partial charge on any atom is -0.396 e. The van der Waals surface area contributed by atoms with Gasteiger partial charge in [-0.1, -0.05) is 92.7 Å². The topological polar surface area (TPSA) is 40.5 Å². The van der Waals surface area contributed by atoms with Crippen LogP contribution in [0, 0.1) is 11.7 Å². The summed E-state index contributed by atoms with van der Waals surface area (Å²) in [4.78, 5) is 0. The van der Waals surface area contributed by atoms with Gasteiger partial charge in [0.2, 0.25) is 0 Å². The molecule has 0 saturated heterocycles. The maximum atomic E-state index is 15.3. The summed E-state index contributed by atoms with van der Waals surface area (Å²) in [7, 11) is 0. The Hall–Kier alpha value is -3.27. The normalized spacial score (nSPS) is 11.3. The van der Waals surface area contributed by atoms with Gasteiger partial charge in [-0.2, -0.15) is 0 Å². The minimum absolute atomic E-state index is 0.00839. The molecule has 0 unspecified atom stereocenters. The summed E-state index contributed by atoms with van der Waals surface area (Å²) in [6.45, 7) is 4.27. The molecule has 0 radical (unpaired) electrons. The Morgan fingerprint density at radius 3 is 1.71 bits per heavy atom. The summed E-state index contributed by atoms with van der Waals surface area (Å²) in [5.41, 5.74) is 9.99. The summed E-state index contributed by atoms with van der Waals surface area (Å²) >= 11 is 0. The lowest BCUT2D eigenvalue weighted by Gasteiger charge is -2.15. The van der Waals surface area contributed by atoms with Crippen LogP contribution in [-0.4, -0.2) is 23.4 Å². The van der Waals surface area contributed by atoms with Gasteiger partial charge in [-0.3, -0.25) is 0 Å². The van der Waals surface area contributed by atoms with E-state index in [2.05, 4.69) is 68.4 Å². The molecule has 0 bridgehead atoms. The number of benzene rings is 4. The molecule has 0 amide bonds. The first-order valence-electron chi connectivity index (χ1n) is 13.9. The van der Waals surface area contributed by atoms with Gasteiger partial charge >= 0.3 is 0 Å². The Balaban J connectivity index is 1.46. The Bertz CT molecular complexity index is 1330. The van der Waals surface area contributed by atoms with Crippen LogP contribution in [0.2, 0.25) is 0 Å². The smallest absolute Gasteiger partial charge is 0.131 e. The third-order valence-electron chi connectivity index (χ3n) is 7.57. The zero-order valence-corrected chi connectivity index (χ0v) is 22.6. The first-order valence-corrected chi connectivity index (χ1v) is 13.9. The molecule has 0 saturated carbocycles. The summed E-state index contributed by atoms with van der Waals surface area (Å²) in [6, 6.07) is 29.1. The zero-order chi connectivity index (χ0) is 26.9. The number of aryl methyl sites for hydroxylation is 5. The van der Waals surface area contributed by atoms with Crippen LogP contribution >= 0.6 is 0 Å². The highest BCUT2D eigenvalue weighted by molar-refractivity contribution is 5.69. The Morgan fingerprint density at radius 2 is 1.13 bits per heavy atom. The molecule has 4 aromatic carbocycles. The average Bonchev–Trinajstić information content (AvgIpc) is 2.97. The molecule has 4 aromatic rings. The quantitative estimate of drug-likeness (QED) is 0.206.